The largest absolute Gasteiger partial charge is 0.316 e. The number of rotatable bonds is 3. The van der Waals surface area contributed by atoms with Crippen LogP contribution in [0.5, 0.6) is 0 Å². The van der Waals surface area contributed by atoms with Crippen LogP contribution in [-0.2, 0) is 6.54 Å². The summed E-state index contributed by atoms with van der Waals surface area (Å²) in [5, 5.41) is 6.20. The second kappa shape index (κ2) is 5.00. The van der Waals surface area contributed by atoms with E-state index < -0.39 is 0 Å². The SMILES string of the molecule is CNCc1csc(C)c1-c1cccc(Cl)c1. The average Bonchev–Trinajstić information content (AvgIpc) is 2.60. The predicted octanol–water partition coefficient (Wildman–Crippen LogP) is 4.10. The van der Waals surface area contributed by atoms with Crippen LogP contribution >= 0.6 is 22.9 Å². The van der Waals surface area contributed by atoms with Crippen LogP contribution < -0.4 is 5.32 Å². The Bertz CT molecular complexity index is 490. The van der Waals surface area contributed by atoms with Crippen molar-refractivity contribution in [2.45, 2.75) is 13.5 Å². The van der Waals surface area contributed by atoms with Gasteiger partial charge in [0.25, 0.3) is 0 Å². The highest BCUT2D eigenvalue weighted by Gasteiger charge is 2.10. The van der Waals surface area contributed by atoms with Gasteiger partial charge in [0.1, 0.15) is 0 Å². The molecule has 1 aromatic heterocycles. The van der Waals surface area contributed by atoms with E-state index in [2.05, 4.69) is 23.7 Å². The number of nitrogens with one attached hydrogen (secondary N) is 1. The summed E-state index contributed by atoms with van der Waals surface area (Å²) in [6.45, 7) is 3.05. The molecule has 1 aromatic carbocycles. The number of benzene rings is 1. The van der Waals surface area contributed by atoms with Crippen molar-refractivity contribution in [3.8, 4) is 11.1 Å². The van der Waals surface area contributed by atoms with Crippen LogP contribution in [0.15, 0.2) is 29.6 Å². The molecular formula is C13H14ClNS. The molecule has 0 saturated carbocycles. The van der Waals surface area contributed by atoms with Gasteiger partial charge in [0, 0.05) is 16.4 Å². The summed E-state index contributed by atoms with van der Waals surface area (Å²) in [6, 6.07) is 8.04. The monoisotopic (exact) mass is 251 g/mol. The Labute approximate surface area is 105 Å². The van der Waals surface area contributed by atoms with Crippen molar-refractivity contribution in [1.29, 1.82) is 0 Å². The highest BCUT2D eigenvalue weighted by atomic mass is 35.5. The maximum atomic E-state index is 6.03. The summed E-state index contributed by atoms with van der Waals surface area (Å²) in [5.74, 6) is 0. The summed E-state index contributed by atoms with van der Waals surface area (Å²) in [5.41, 5.74) is 3.87. The lowest BCUT2D eigenvalue weighted by molar-refractivity contribution is 0.822. The maximum absolute atomic E-state index is 6.03. The first-order chi connectivity index (χ1) is 7.72. The average molecular weight is 252 g/mol. The van der Waals surface area contributed by atoms with Gasteiger partial charge >= 0.3 is 0 Å². The van der Waals surface area contributed by atoms with Crippen LogP contribution in [0.1, 0.15) is 10.4 Å². The van der Waals surface area contributed by atoms with Gasteiger partial charge in [-0.1, -0.05) is 23.7 Å². The third kappa shape index (κ3) is 2.29. The van der Waals surface area contributed by atoms with Gasteiger partial charge in [-0.2, -0.15) is 0 Å². The zero-order chi connectivity index (χ0) is 11.5. The first-order valence-corrected chi connectivity index (χ1v) is 6.45. The maximum Gasteiger partial charge on any atom is 0.0412 e. The van der Waals surface area contributed by atoms with Crippen LogP contribution in [0, 0.1) is 6.92 Å². The Morgan fingerprint density at radius 2 is 2.19 bits per heavy atom. The molecule has 0 unspecified atom stereocenters. The molecule has 0 bridgehead atoms. The van der Waals surface area contributed by atoms with E-state index in [1.54, 1.807) is 11.3 Å². The van der Waals surface area contributed by atoms with E-state index in [0.29, 0.717) is 0 Å². The minimum atomic E-state index is 0.790. The van der Waals surface area contributed by atoms with Crippen LogP contribution in [0.25, 0.3) is 11.1 Å². The normalized spacial score (nSPS) is 10.7. The van der Waals surface area contributed by atoms with Crippen molar-refractivity contribution >= 4 is 22.9 Å². The molecule has 0 aliphatic rings. The third-order valence-corrected chi connectivity index (χ3v) is 3.73. The number of aryl methyl sites for hydroxylation is 1. The van der Waals surface area contributed by atoms with E-state index in [-0.39, 0.29) is 0 Å². The molecule has 84 valence electrons. The van der Waals surface area contributed by atoms with Crippen molar-refractivity contribution in [3.05, 3.63) is 45.1 Å². The van der Waals surface area contributed by atoms with Gasteiger partial charge in [-0.3, -0.25) is 0 Å². The molecule has 0 amide bonds. The molecule has 0 atom stereocenters. The second-order valence-electron chi connectivity index (χ2n) is 3.73. The molecule has 0 fully saturated rings. The van der Waals surface area contributed by atoms with Crippen LogP contribution in [-0.4, -0.2) is 7.05 Å². The van der Waals surface area contributed by atoms with Crippen LogP contribution in [0.3, 0.4) is 0 Å². The zero-order valence-corrected chi connectivity index (χ0v) is 11.0. The summed E-state index contributed by atoms with van der Waals surface area (Å²) in [4.78, 5) is 1.34. The number of halogens is 1. The van der Waals surface area contributed by atoms with E-state index >= 15 is 0 Å². The van der Waals surface area contributed by atoms with Gasteiger partial charge in [0.15, 0.2) is 0 Å². The lowest BCUT2D eigenvalue weighted by atomic mass is 10.0. The lowest BCUT2D eigenvalue weighted by Gasteiger charge is -2.06. The van der Waals surface area contributed by atoms with Crippen molar-refractivity contribution in [2.24, 2.45) is 0 Å². The minimum Gasteiger partial charge on any atom is -0.316 e. The topological polar surface area (TPSA) is 12.0 Å². The van der Waals surface area contributed by atoms with Gasteiger partial charge < -0.3 is 5.32 Å². The van der Waals surface area contributed by atoms with E-state index in [1.807, 2.05) is 25.2 Å². The molecular weight excluding hydrogens is 238 g/mol. The first kappa shape index (κ1) is 11.6. The molecule has 2 aromatic rings. The molecule has 0 radical (unpaired) electrons. The summed E-state index contributed by atoms with van der Waals surface area (Å²) >= 11 is 7.82. The fourth-order valence-electron chi connectivity index (χ4n) is 1.86. The number of hydrogen-bond acceptors (Lipinski definition) is 2. The van der Waals surface area contributed by atoms with Gasteiger partial charge in [0.2, 0.25) is 0 Å². The van der Waals surface area contributed by atoms with Crippen molar-refractivity contribution in [1.82, 2.24) is 5.32 Å². The Kier molecular flexibility index (Phi) is 3.64. The Morgan fingerprint density at radius 3 is 2.88 bits per heavy atom. The molecule has 1 heterocycles. The van der Waals surface area contributed by atoms with Crippen LogP contribution in [0.2, 0.25) is 5.02 Å². The fourth-order valence-corrected chi connectivity index (χ4v) is 2.93. The molecule has 1 nitrogen and oxygen atoms in total. The first-order valence-electron chi connectivity index (χ1n) is 5.20. The third-order valence-electron chi connectivity index (χ3n) is 2.53. The molecule has 16 heavy (non-hydrogen) atoms. The van der Waals surface area contributed by atoms with E-state index in [0.717, 1.165) is 11.6 Å². The fraction of sp³-hybridized carbons (Fsp3) is 0.231. The summed E-state index contributed by atoms with van der Waals surface area (Å²) < 4.78 is 0. The smallest absolute Gasteiger partial charge is 0.0412 e. The van der Waals surface area contributed by atoms with Crippen molar-refractivity contribution < 1.29 is 0 Å². The highest BCUT2D eigenvalue weighted by Crippen LogP contribution is 2.33. The van der Waals surface area contributed by atoms with Crippen molar-refractivity contribution in [3.63, 3.8) is 0 Å². The Hall–Kier alpha value is -0.830. The predicted molar refractivity (Wildman–Crippen MR) is 72.3 cm³/mol. The lowest BCUT2D eigenvalue weighted by Crippen LogP contribution is -2.05. The Morgan fingerprint density at radius 1 is 1.38 bits per heavy atom. The van der Waals surface area contributed by atoms with Gasteiger partial charge in [-0.15, -0.1) is 11.3 Å². The van der Waals surface area contributed by atoms with E-state index in [4.69, 9.17) is 11.6 Å². The standard InChI is InChI=1S/C13H14ClNS/c1-9-13(11(7-15-2)8-16-9)10-4-3-5-12(14)6-10/h3-6,8,15H,7H2,1-2H3. The second-order valence-corrected chi connectivity index (χ2v) is 5.25. The van der Waals surface area contributed by atoms with E-state index in [1.165, 1.54) is 21.6 Å². The minimum absolute atomic E-state index is 0.790. The quantitative estimate of drug-likeness (QED) is 0.866. The van der Waals surface area contributed by atoms with E-state index in [9.17, 15) is 0 Å². The molecule has 0 aliphatic heterocycles. The zero-order valence-electron chi connectivity index (χ0n) is 9.38. The number of thiophene rings is 1. The molecule has 0 saturated heterocycles. The molecule has 0 spiro atoms. The van der Waals surface area contributed by atoms with Gasteiger partial charge in [-0.25, -0.2) is 0 Å². The van der Waals surface area contributed by atoms with Gasteiger partial charge in [0.05, 0.1) is 0 Å². The summed E-state index contributed by atoms with van der Waals surface area (Å²) in [7, 11) is 1.97. The van der Waals surface area contributed by atoms with Gasteiger partial charge in [-0.05, 0) is 48.2 Å². The van der Waals surface area contributed by atoms with Crippen LogP contribution in [0.4, 0.5) is 0 Å². The molecule has 1 N–H and O–H groups in total. The van der Waals surface area contributed by atoms with Crippen molar-refractivity contribution in [2.75, 3.05) is 7.05 Å². The highest BCUT2D eigenvalue weighted by molar-refractivity contribution is 7.10. The molecule has 3 heteroatoms. The molecule has 2 rings (SSSR count). The molecule has 0 aliphatic carbocycles. The Balaban J connectivity index is 2.50. The number of hydrogen-bond donors (Lipinski definition) is 1. The summed E-state index contributed by atoms with van der Waals surface area (Å²) in [6.07, 6.45) is 0.